The van der Waals surface area contributed by atoms with Gasteiger partial charge in [0.2, 0.25) is 11.7 Å². The number of fused-ring (bicyclic) bond motifs is 1. The Morgan fingerprint density at radius 2 is 1.97 bits per heavy atom. The molecule has 0 fully saturated rings. The van der Waals surface area contributed by atoms with Gasteiger partial charge >= 0.3 is 0 Å². The van der Waals surface area contributed by atoms with Gasteiger partial charge in [-0.05, 0) is 63.8 Å². The minimum atomic E-state index is -1.10. The first-order valence-corrected chi connectivity index (χ1v) is 10.5. The molecule has 6 nitrogen and oxygen atoms in total. The molecule has 0 spiro atoms. The number of thiophene rings is 1. The van der Waals surface area contributed by atoms with Crippen LogP contribution in [0, 0.1) is 0 Å². The number of anilines is 1. The molecule has 154 valence electrons. The lowest BCUT2D eigenvalue weighted by molar-refractivity contribution is -0.134. The van der Waals surface area contributed by atoms with Crippen molar-refractivity contribution in [2.24, 2.45) is 0 Å². The van der Waals surface area contributed by atoms with E-state index in [0.29, 0.717) is 21.9 Å². The molecular formula is C22H26N2O4S. The Morgan fingerprint density at radius 1 is 1.24 bits per heavy atom. The van der Waals surface area contributed by atoms with Crippen LogP contribution in [-0.4, -0.2) is 35.3 Å². The Hall–Kier alpha value is -2.67. The second kappa shape index (κ2) is 7.63. The van der Waals surface area contributed by atoms with E-state index in [1.807, 2.05) is 32.2 Å². The number of benzene rings is 1. The normalized spacial score (nSPS) is 15.5. The number of nitrogens with one attached hydrogen (secondary N) is 1. The summed E-state index contributed by atoms with van der Waals surface area (Å²) in [7, 11) is 0. The first-order chi connectivity index (χ1) is 13.5. The number of ketones is 1. The van der Waals surface area contributed by atoms with E-state index in [4.69, 9.17) is 4.74 Å². The van der Waals surface area contributed by atoms with Crippen molar-refractivity contribution in [1.29, 1.82) is 0 Å². The molecule has 1 aliphatic rings. The lowest BCUT2D eigenvalue weighted by atomic mass is 10.0. The fraction of sp³-hybridized carbons (Fsp3) is 0.409. The molecule has 1 aromatic carbocycles. The predicted molar refractivity (Wildman–Crippen MR) is 114 cm³/mol. The molecule has 2 heterocycles. The van der Waals surface area contributed by atoms with Gasteiger partial charge in [-0.15, -0.1) is 11.3 Å². The quantitative estimate of drug-likeness (QED) is 0.730. The van der Waals surface area contributed by atoms with Crippen molar-refractivity contribution >= 4 is 34.6 Å². The van der Waals surface area contributed by atoms with Crippen LogP contribution in [0.2, 0.25) is 0 Å². The number of rotatable bonds is 6. The number of nitrogens with zero attached hydrogens (tertiary/aromatic N) is 1. The van der Waals surface area contributed by atoms with Gasteiger partial charge in [-0.3, -0.25) is 19.3 Å². The van der Waals surface area contributed by atoms with E-state index in [0.717, 1.165) is 6.42 Å². The average molecular weight is 415 g/mol. The van der Waals surface area contributed by atoms with Gasteiger partial charge in [-0.25, -0.2) is 0 Å². The van der Waals surface area contributed by atoms with E-state index < -0.39 is 5.60 Å². The van der Waals surface area contributed by atoms with Gasteiger partial charge in [0.05, 0.1) is 10.6 Å². The van der Waals surface area contributed by atoms with Crippen molar-refractivity contribution in [2.45, 2.75) is 52.2 Å². The largest absolute Gasteiger partial charge is 0.476 e. The minimum Gasteiger partial charge on any atom is -0.476 e. The first kappa shape index (κ1) is 21.0. The Kier molecular flexibility index (Phi) is 5.54. The van der Waals surface area contributed by atoms with Crippen LogP contribution in [0.1, 0.15) is 56.3 Å². The molecule has 7 heteroatoms. The molecule has 0 saturated heterocycles. The molecule has 0 unspecified atom stereocenters. The zero-order valence-electron chi connectivity index (χ0n) is 17.4. The molecule has 0 bridgehead atoms. The summed E-state index contributed by atoms with van der Waals surface area (Å²) in [6.45, 7) is 9.05. The number of amides is 2. The minimum absolute atomic E-state index is 0.128. The molecule has 0 radical (unpaired) electrons. The van der Waals surface area contributed by atoms with Crippen molar-refractivity contribution in [3.05, 3.63) is 46.2 Å². The molecular weight excluding hydrogens is 388 g/mol. The molecule has 1 aliphatic heterocycles. The van der Waals surface area contributed by atoms with Gasteiger partial charge in [-0.2, -0.15) is 0 Å². The standard InChI is InChI=1S/C22H26N2O4S/c1-6-21(2,3)23-18(25)13-24-15-12-14(19(26)17-8-7-11-29-17)9-10-16(15)28-22(4,5)20(24)27/h7-12H,6,13H2,1-5H3,(H,23,25). The molecule has 2 amide bonds. The highest BCUT2D eigenvalue weighted by Crippen LogP contribution is 2.38. The van der Waals surface area contributed by atoms with Crippen LogP contribution >= 0.6 is 11.3 Å². The van der Waals surface area contributed by atoms with Gasteiger partial charge in [0.1, 0.15) is 12.3 Å². The van der Waals surface area contributed by atoms with Crippen LogP contribution in [0.3, 0.4) is 0 Å². The average Bonchev–Trinajstić information content (AvgIpc) is 3.18. The monoisotopic (exact) mass is 414 g/mol. The molecule has 1 N–H and O–H groups in total. The SMILES string of the molecule is CCC(C)(C)NC(=O)CN1C(=O)C(C)(C)Oc2ccc(C(=O)c3cccs3)cc21. The highest BCUT2D eigenvalue weighted by atomic mass is 32.1. The number of carbonyl (C=O) groups excluding carboxylic acids is 3. The maximum absolute atomic E-state index is 13.0. The molecule has 0 saturated carbocycles. The van der Waals surface area contributed by atoms with E-state index in [1.54, 1.807) is 38.1 Å². The molecule has 0 atom stereocenters. The Balaban J connectivity index is 1.96. The van der Waals surface area contributed by atoms with Gasteiger partial charge in [0.15, 0.2) is 5.60 Å². The molecule has 1 aromatic heterocycles. The van der Waals surface area contributed by atoms with Gasteiger partial charge < -0.3 is 10.1 Å². The van der Waals surface area contributed by atoms with Crippen molar-refractivity contribution < 1.29 is 19.1 Å². The van der Waals surface area contributed by atoms with Crippen LogP contribution < -0.4 is 15.0 Å². The second-order valence-corrected chi connectivity index (χ2v) is 9.23. The number of carbonyl (C=O) groups is 3. The summed E-state index contributed by atoms with van der Waals surface area (Å²) in [4.78, 5) is 40.4. The highest BCUT2D eigenvalue weighted by molar-refractivity contribution is 7.12. The van der Waals surface area contributed by atoms with E-state index >= 15 is 0 Å². The maximum Gasteiger partial charge on any atom is 0.271 e. The summed E-state index contributed by atoms with van der Waals surface area (Å²) in [6, 6.07) is 8.58. The third-order valence-electron chi connectivity index (χ3n) is 5.05. The van der Waals surface area contributed by atoms with E-state index in [1.165, 1.54) is 16.2 Å². The van der Waals surface area contributed by atoms with Gasteiger partial charge in [0, 0.05) is 11.1 Å². The first-order valence-electron chi connectivity index (χ1n) is 9.58. The fourth-order valence-electron chi connectivity index (χ4n) is 3.06. The van der Waals surface area contributed by atoms with Gasteiger partial charge in [-0.1, -0.05) is 13.0 Å². The van der Waals surface area contributed by atoms with Crippen LogP contribution in [0.4, 0.5) is 5.69 Å². The molecule has 29 heavy (non-hydrogen) atoms. The predicted octanol–water partition coefficient (Wildman–Crippen LogP) is 3.79. The van der Waals surface area contributed by atoms with E-state index in [9.17, 15) is 14.4 Å². The highest BCUT2D eigenvalue weighted by Gasteiger charge is 2.42. The van der Waals surface area contributed by atoms with Crippen molar-refractivity contribution in [1.82, 2.24) is 5.32 Å². The fourth-order valence-corrected chi connectivity index (χ4v) is 3.75. The summed E-state index contributed by atoms with van der Waals surface area (Å²) in [6.07, 6.45) is 0.761. The Bertz CT molecular complexity index is 948. The molecule has 2 aromatic rings. The summed E-state index contributed by atoms with van der Waals surface area (Å²) < 4.78 is 5.86. The lowest BCUT2D eigenvalue weighted by Gasteiger charge is -2.39. The summed E-state index contributed by atoms with van der Waals surface area (Å²) in [5.74, 6) is -0.240. The van der Waals surface area contributed by atoms with Crippen molar-refractivity contribution in [3.63, 3.8) is 0 Å². The Labute approximate surface area is 174 Å². The lowest BCUT2D eigenvalue weighted by Crippen LogP contribution is -2.56. The zero-order valence-corrected chi connectivity index (χ0v) is 18.2. The zero-order chi connectivity index (χ0) is 21.4. The van der Waals surface area contributed by atoms with Crippen LogP contribution in [-0.2, 0) is 9.59 Å². The van der Waals surface area contributed by atoms with Gasteiger partial charge in [0.25, 0.3) is 5.91 Å². The number of hydrogen-bond donors (Lipinski definition) is 1. The topological polar surface area (TPSA) is 75.7 Å². The molecule has 0 aliphatic carbocycles. The summed E-state index contributed by atoms with van der Waals surface area (Å²) in [5.41, 5.74) is -0.600. The number of ether oxygens (including phenoxy) is 1. The smallest absolute Gasteiger partial charge is 0.271 e. The third kappa shape index (κ3) is 4.34. The van der Waals surface area contributed by atoms with E-state index in [2.05, 4.69) is 5.32 Å². The maximum atomic E-state index is 13.0. The summed E-state index contributed by atoms with van der Waals surface area (Å²) in [5, 5.41) is 4.79. The molecule has 3 rings (SSSR count). The number of hydrogen-bond acceptors (Lipinski definition) is 5. The van der Waals surface area contributed by atoms with Crippen LogP contribution in [0.15, 0.2) is 35.7 Å². The van der Waals surface area contributed by atoms with E-state index in [-0.39, 0.29) is 29.7 Å². The van der Waals surface area contributed by atoms with Crippen molar-refractivity contribution in [2.75, 3.05) is 11.4 Å². The van der Waals surface area contributed by atoms with Crippen LogP contribution in [0.5, 0.6) is 5.75 Å². The second-order valence-electron chi connectivity index (χ2n) is 8.28. The third-order valence-corrected chi connectivity index (χ3v) is 5.91. The van der Waals surface area contributed by atoms with Crippen molar-refractivity contribution in [3.8, 4) is 5.75 Å². The van der Waals surface area contributed by atoms with Crippen LogP contribution in [0.25, 0.3) is 0 Å². The summed E-state index contributed by atoms with van der Waals surface area (Å²) >= 11 is 1.36. The Morgan fingerprint density at radius 3 is 2.59 bits per heavy atom.